The Kier molecular flexibility index (Phi) is 5.22. The van der Waals surface area contributed by atoms with Gasteiger partial charge in [0.15, 0.2) is 0 Å². The molecule has 0 spiro atoms. The van der Waals surface area contributed by atoms with Gasteiger partial charge in [-0.1, -0.05) is 6.92 Å². The van der Waals surface area contributed by atoms with Crippen molar-refractivity contribution < 1.29 is 0 Å². The van der Waals surface area contributed by atoms with Gasteiger partial charge in [-0.2, -0.15) is 0 Å². The van der Waals surface area contributed by atoms with Crippen LogP contribution in [0.4, 0.5) is 0 Å². The van der Waals surface area contributed by atoms with Crippen LogP contribution in [0.5, 0.6) is 0 Å². The first-order chi connectivity index (χ1) is 9.24. The lowest BCUT2D eigenvalue weighted by molar-refractivity contribution is 0.580. The summed E-state index contributed by atoms with van der Waals surface area (Å²) in [5.41, 5.74) is 1.02. The van der Waals surface area contributed by atoms with Gasteiger partial charge in [0.05, 0.1) is 16.6 Å². The number of imidazole rings is 1. The highest BCUT2D eigenvalue weighted by molar-refractivity contribution is 7.09. The van der Waals surface area contributed by atoms with Crippen molar-refractivity contribution in [2.75, 3.05) is 0 Å². The summed E-state index contributed by atoms with van der Waals surface area (Å²) >= 11 is 7.36. The van der Waals surface area contributed by atoms with Gasteiger partial charge in [-0.05, 0) is 12.8 Å². The first kappa shape index (κ1) is 14.3. The van der Waals surface area contributed by atoms with Crippen LogP contribution in [0, 0.1) is 0 Å². The van der Waals surface area contributed by atoms with Crippen molar-refractivity contribution in [3.05, 3.63) is 39.0 Å². The number of aryl methyl sites for hydroxylation is 3. The van der Waals surface area contributed by atoms with Gasteiger partial charge in [-0.15, -0.1) is 22.9 Å². The molecule has 0 atom stereocenters. The van der Waals surface area contributed by atoms with Crippen molar-refractivity contribution >= 4 is 22.9 Å². The number of hydrogen-bond donors (Lipinski definition) is 0. The molecule has 0 aliphatic rings. The van der Waals surface area contributed by atoms with Crippen molar-refractivity contribution in [2.45, 2.75) is 45.2 Å². The number of thiazole rings is 1. The smallest absolute Gasteiger partial charge is 0.299 e. The van der Waals surface area contributed by atoms with Gasteiger partial charge in [-0.25, -0.2) is 9.78 Å². The van der Waals surface area contributed by atoms with Crippen LogP contribution in [0.15, 0.2) is 22.6 Å². The van der Waals surface area contributed by atoms with Crippen LogP contribution in [0.1, 0.15) is 30.5 Å². The Morgan fingerprint density at radius 2 is 2.05 bits per heavy atom. The van der Waals surface area contributed by atoms with Crippen LogP contribution >= 0.6 is 22.9 Å². The van der Waals surface area contributed by atoms with Gasteiger partial charge in [0.25, 0.3) is 0 Å². The Balaban J connectivity index is 1.87. The van der Waals surface area contributed by atoms with Crippen LogP contribution in [-0.4, -0.2) is 14.1 Å². The zero-order chi connectivity index (χ0) is 13.7. The van der Waals surface area contributed by atoms with E-state index < -0.39 is 0 Å². The summed E-state index contributed by atoms with van der Waals surface area (Å²) < 4.78 is 3.53. The molecule has 0 saturated carbocycles. The average Bonchev–Trinajstić information content (AvgIpc) is 3.00. The number of halogens is 1. The number of alkyl halides is 1. The fourth-order valence-electron chi connectivity index (χ4n) is 1.96. The third kappa shape index (κ3) is 3.70. The highest BCUT2D eigenvalue weighted by Crippen LogP contribution is 2.13. The minimum atomic E-state index is 0.0856. The summed E-state index contributed by atoms with van der Waals surface area (Å²) in [6.45, 7) is 3.60. The first-order valence-electron chi connectivity index (χ1n) is 6.49. The van der Waals surface area contributed by atoms with Crippen molar-refractivity contribution in [3.8, 4) is 0 Å². The molecule has 4 nitrogen and oxygen atoms in total. The minimum Gasteiger partial charge on any atom is -0.299 e. The van der Waals surface area contributed by atoms with Gasteiger partial charge in [-0.3, -0.25) is 9.13 Å². The molecule has 2 rings (SSSR count). The fourth-order valence-corrected chi connectivity index (χ4v) is 3.03. The molecule has 2 aromatic rings. The lowest BCUT2D eigenvalue weighted by Crippen LogP contribution is -2.24. The second-order valence-electron chi connectivity index (χ2n) is 4.44. The standard InChI is InChI=1S/C13H18ClN3OS/c1-2-5-16-7-8-17(13(16)18)6-3-4-12-15-11(9-14)10-19-12/h7-8,10H,2-6,9H2,1H3. The van der Waals surface area contributed by atoms with E-state index >= 15 is 0 Å². The molecule has 0 unspecified atom stereocenters. The monoisotopic (exact) mass is 299 g/mol. The lowest BCUT2D eigenvalue weighted by atomic mass is 10.3. The van der Waals surface area contributed by atoms with E-state index in [4.69, 9.17) is 11.6 Å². The quantitative estimate of drug-likeness (QED) is 0.738. The highest BCUT2D eigenvalue weighted by Gasteiger charge is 2.04. The maximum atomic E-state index is 11.9. The molecule has 2 heterocycles. The second kappa shape index (κ2) is 6.91. The molecule has 104 valence electrons. The van der Waals surface area contributed by atoms with Crippen LogP contribution < -0.4 is 5.69 Å². The van der Waals surface area contributed by atoms with E-state index in [1.807, 2.05) is 17.8 Å². The summed E-state index contributed by atoms with van der Waals surface area (Å²) in [7, 11) is 0. The molecule has 19 heavy (non-hydrogen) atoms. The zero-order valence-corrected chi connectivity index (χ0v) is 12.6. The molecule has 0 radical (unpaired) electrons. The summed E-state index contributed by atoms with van der Waals surface area (Å²) in [6, 6.07) is 0. The van der Waals surface area contributed by atoms with E-state index in [0.29, 0.717) is 5.88 Å². The zero-order valence-electron chi connectivity index (χ0n) is 11.0. The van der Waals surface area contributed by atoms with Crippen LogP contribution in [-0.2, 0) is 25.4 Å². The molecular weight excluding hydrogens is 282 g/mol. The van der Waals surface area contributed by atoms with E-state index in [9.17, 15) is 4.79 Å². The maximum Gasteiger partial charge on any atom is 0.328 e. The average molecular weight is 300 g/mol. The Hall–Kier alpha value is -1.07. The maximum absolute atomic E-state index is 11.9. The van der Waals surface area contributed by atoms with Gasteiger partial charge in [0.2, 0.25) is 0 Å². The molecule has 0 saturated heterocycles. The summed E-state index contributed by atoms with van der Waals surface area (Å²) in [5, 5.41) is 3.09. The molecule has 0 aliphatic heterocycles. The van der Waals surface area contributed by atoms with E-state index in [1.54, 1.807) is 20.5 Å². The molecule has 0 aromatic carbocycles. The number of hydrogen-bond acceptors (Lipinski definition) is 3. The summed E-state index contributed by atoms with van der Waals surface area (Å²) in [6.07, 6.45) is 6.52. The molecule has 0 aliphatic carbocycles. The first-order valence-corrected chi connectivity index (χ1v) is 7.90. The van der Waals surface area contributed by atoms with Gasteiger partial charge >= 0.3 is 5.69 Å². The number of aromatic nitrogens is 3. The summed E-state index contributed by atoms with van der Waals surface area (Å²) in [5.74, 6) is 0.468. The van der Waals surface area contributed by atoms with Crippen LogP contribution in [0.3, 0.4) is 0 Å². The third-order valence-electron chi connectivity index (χ3n) is 2.91. The number of nitrogens with zero attached hydrogens (tertiary/aromatic N) is 3. The van der Waals surface area contributed by atoms with E-state index in [2.05, 4.69) is 11.9 Å². The number of rotatable bonds is 7. The van der Waals surface area contributed by atoms with Gasteiger partial charge < -0.3 is 0 Å². The Morgan fingerprint density at radius 1 is 1.32 bits per heavy atom. The Bertz CT molecular complexity index is 572. The molecule has 0 fully saturated rings. The van der Waals surface area contributed by atoms with E-state index in [-0.39, 0.29) is 5.69 Å². The minimum absolute atomic E-state index is 0.0856. The predicted molar refractivity (Wildman–Crippen MR) is 79.0 cm³/mol. The topological polar surface area (TPSA) is 39.8 Å². The predicted octanol–water partition coefficient (Wildman–Crippen LogP) is 2.89. The Morgan fingerprint density at radius 3 is 2.68 bits per heavy atom. The van der Waals surface area contributed by atoms with Crippen LogP contribution in [0.2, 0.25) is 0 Å². The van der Waals surface area contributed by atoms with Crippen molar-refractivity contribution in [1.29, 1.82) is 0 Å². The van der Waals surface area contributed by atoms with Gasteiger partial charge in [0, 0.05) is 37.3 Å². The normalized spacial score (nSPS) is 11.1. The summed E-state index contributed by atoms with van der Waals surface area (Å²) in [4.78, 5) is 16.4. The van der Waals surface area contributed by atoms with Gasteiger partial charge in [0.1, 0.15) is 0 Å². The highest BCUT2D eigenvalue weighted by atomic mass is 35.5. The van der Waals surface area contributed by atoms with Crippen molar-refractivity contribution in [1.82, 2.24) is 14.1 Å². The van der Waals surface area contributed by atoms with E-state index in [1.165, 1.54) is 0 Å². The second-order valence-corrected chi connectivity index (χ2v) is 5.65. The molecular formula is C13H18ClN3OS. The lowest BCUT2D eigenvalue weighted by Gasteiger charge is -2.00. The fraction of sp³-hybridized carbons (Fsp3) is 0.538. The molecule has 0 N–H and O–H groups in total. The largest absolute Gasteiger partial charge is 0.328 e. The van der Waals surface area contributed by atoms with Crippen molar-refractivity contribution in [3.63, 3.8) is 0 Å². The Labute approximate surface area is 121 Å². The molecule has 0 amide bonds. The third-order valence-corrected chi connectivity index (χ3v) is 4.14. The van der Waals surface area contributed by atoms with Crippen LogP contribution in [0.25, 0.3) is 0 Å². The SMILES string of the molecule is CCCn1ccn(CCCc2nc(CCl)cs2)c1=O. The van der Waals surface area contributed by atoms with Crippen molar-refractivity contribution in [2.24, 2.45) is 0 Å². The van der Waals surface area contributed by atoms with E-state index in [0.717, 1.165) is 43.1 Å². The molecule has 0 bridgehead atoms. The molecule has 2 aromatic heterocycles. The molecule has 6 heteroatoms.